The molecule has 5 nitrogen and oxygen atoms in total. The second kappa shape index (κ2) is 5.83. The molecule has 1 atom stereocenters. The van der Waals surface area contributed by atoms with Crippen LogP contribution in [0.15, 0.2) is 23.4 Å². The van der Waals surface area contributed by atoms with Crippen LogP contribution in [0, 0.1) is 5.41 Å². The predicted molar refractivity (Wildman–Crippen MR) is 76.9 cm³/mol. The van der Waals surface area contributed by atoms with Gasteiger partial charge in [-0.2, -0.15) is 0 Å². The van der Waals surface area contributed by atoms with E-state index in [1.165, 1.54) is 11.8 Å². The molecule has 0 aromatic carbocycles. The molecule has 1 fully saturated rings. The van der Waals surface area contributed by atoms with Crippen molar-refractivity contribution in [2.45, 2.75) is 24.8 Å². The summed E-state index contributed by atoms with van der Waals surface area (Å²) in [5.41, 5.74) is -0.241. The van der Waals surface area contributed by atoms with Crippen LogP contribution >= 0.6 is 11.8 Å². The van der Waals surface area contributed by atoms with Gasteiger partial charge in [-0.15, -0.1) is 11.8 Å². The third kappa shape index (κ3) is 2.52. The van der Waals surface area contributed by atoms with Crippen molar-refractivity contribution >= 4 is 23.6 Å². The number of nitrogens with zero attached hydrogens (tertiary/aromatic N) is 2. The van der Waals surface area contributed by atoms with Crippen LogP contribution in [0.25, 0.3) is 0 Å². The Kier molecular flexibility index (Phi) is 4.32. The highest BCUT2D eigenvalue weighted by Gasteiger charge is 2.45. The number of likely N-dealkylation sites (tertiary alicyclic amines) is 1. The minimum atomic E-state index is -0.813. The molecule has 1 aromatic rings. The van der Waals surface area contributed by atoms with Crippen LogP contribution in [0.3, 0.4) is 0 Å². The molecule has 1 N–H and O–H groups in total. The summed E-state index contributed by atoms with van der Waals surface area (Å²) in [6, 6.07) is 3.47. The fourth-order valence-electron chi connectivity index (χ4n) is 2.55. The molecule has 2 heterocycles. The summed E-state index contributed by atoms with van der Waals surface area (Å²) in [5, 5.41) is 10.1. The summed E-state index contributed by atoms with van der Waals surface area (Å²) in [5.74, 6) is -0.939. The second-order valence-corrected chi connectivity index (χ2v) is 5.77. The summed E-state index contributed by atoms with van der Waals surface area (Å²) >= 11 is 1.42. The number of pyridine rings is 1. The highest BCUT2D eigenvalue weighted by atomic mass is 32.2. The molecular weight excluding hydrogens is 276 g/mol. The molecule has 20 heavy (non-hydrogen) atoms. The van der Waals surface area contributed by atoms with Crippen molar-refractivity contribution in [1.82, 2.24) is 9.88 Å². The van der Waals surface area contributed by atoms with Gasteiger partial charge in [0.15, 0.2) is 0 Å². The molecule has 0 spiro atoms. The molecular formula is C14H18N2O3S. The molecule has 0 aliphatic carbocycles. The number of aliphatic carboxylic acids is 1. The largest absolute Gasteiger partial charge is 0.481 e. The van der Waals surface area contributed by atoms with Gasteiger partial charge in [0.25, 0.3) is 5.91 Å². The Balaban J connectivity index is 2.22. The molecule has 1 saturated heterocycles. The molecule has 0 saturated carbocycles. The molecule has 0 radical (unpaired) electrons. The lowest BCUT2D eigenvalue weighted by Crippen LogP contribution is -2.36. The summed E-state index contributed by atoms with van der Waals surface area (Å²) in [6.07, 6.45) is 4.57. The standard InChI is InChI=1S/C14H18N2O3S/c1-3-14(13(18)19)6-8-16(9-14)12(17)10-5-4-7-15-11(10)20-2/h4-5,7H,3,6,8-9H2,1-2H3,(H,18,19). The van der Waals surface area contributed by atoms with Gasteiger partial charge >= 0.3 is 5.97 Å². The number of hydrogen-bond acceptors (Lipinski definition) is 4. The summed E-state index contributed by atoms with van der Waals surface area (Å²) in [4.78, 5) is 29.8. The lowest BCUT2D eigenvalue weighted by molar-refractivity contribution is -0.148. The van der Waals surface area contributed by atoms with E-state index in [4.69, 9.17) is 0 Å². The number of hydrogen-bond donors (Lipinski definition) is 1. The molecule has 6 heteroatoms. The van der Waals surface area contributed by atoms with E-state index in [-0.39, 0.29) is 12.5 Å². The van der Waals surface area contributed by atoms with Crippen LogP contribution in [-0.4, -0.2) is 46.2 Å². The van der Waals surface area contributed by atoms with Gasteiger partial charge in [-0.1, -0.05) is 6.92 Å². The average Bonchev–Trinajstić information content (AvgIpc) is 2.92. The Labute approximate surface area is 122 Å². The number of carbonyl (C=O) groups is 2. The highest BCUT2D eigenvalue weighted by Crippen LogP contribution is 2.35. The zero-order valence-corrected chi connectivity index (χ0v) is 12.4. The van der Waals surface area contributed by atoms with E-state index in [9.17, 15) is 14.7 Å². The summed E-state index contributed by atoms with van der Waals surface area (Å²) < 4.78 is 0. The van der Waals surface area contributed by atoms with E-state index in [1.54, 1.807) is 23.2 Å². The van der Waals surface area contributed by atoms with Crippen LogP contribution in [-0.2, 0) is 4.79 Å². The predicted octanol–water partition coefficient (Wildman–Crippen LogP) is 2.13. The van der Waals surface area contributed by atoms with Gasteiger partial charge in [0.1, 0.15) is 5.03 Å². The SMILES string of the molecule is CCC1(C(=O)O)CCN(C(=O)c2cccnc2SC)C1. The van der Waals surface area contributed by atoms with Gasteiger partial charge in [0, 0.05) is 19.3 Å². The number of rotatable bonds is 4. The fraction of sp³-hybridized carbons (Fsp3) is 0.500. The number of carboxylic acid groups (broad SMARTS) is 1. The Morgan fingerprint density at radius 2 is 2.30 bits per heavy atom. The number of amides is 1. The van der Waals surface area contributed by atoms with Crippen molar-refractivity contribution in [3.63, 3.8) is 0 Å². The van der Waals surface area contributed by atoms with E-state index in [1.807, 2.05) is 13.2 Å². The van der Waals surface area contributed by atoms with Crippen LogP contribution in [0.2, 0.25) is 0 Å². The minimum absolute atomic E-state index is 0.126. The topological polar surface area (TPSA) is 70.5 Å². The van der Waals surface area contributed by atoms with Crippen LogP contribution in [0.4, 0.5) is 0 Å². The monoisotopic (exact) mass is 294 g/mol. The Bertz CT molecular complexity index is 535. The zero-order chi connectivity index (χ0) is 14.8. The third-order valence-corrected chi connectivity index (χ3v) is 4.68. The van der Waals surface area contributed by atoms with Crippen molar-refractivity contribution in [2.24, 2.45) is 5.41 Å². The maximum Gasteiger partial charge on any atom is 0.311 e. The number of thioether (sulfide) groups is 1. The van der Waals surface area contributed by atoms with Gasteiger partial charge in [0.2, 0.25) is 0 Å². The third-order valence-electron chi connectivity index (χ3n) is 3.97. The maximum absolute atomic E-state index is 12.5. The molecule has 1 unspecified atom stereocenters. The molecule has 2 rings (SSSR count). The van der Waals surface area contributed by atoms with Gasteiger partial charge in [0.05, 0.1) is 11.0 Å². The molecule has 1 aliphatic heterocycles. The first kappa shape index (κ1) is 14.8. The fourth-order valence-corrected chi connectivity index (χ4v) is 3.09. The molecule has 1 amide bonds. The van der Waals surface area contributed by atoms with Gasteiger partial charge in [-0.25, -0.2) is 4.98 Å². The maximum atomic E-state index is 12.5. The van der Waals surface area contributed by atoms with Crippen molar-refractivity contribution < 1.29 is 14.7 Å². The smallest absolute Gasteiger partial charge is 0.311 e. The van der Waals surface area contributed by atoms with Gasteiger partial charge < -0.3 is 10.0 Å². The van der Waals surface area contributed by atoms with Crippen molar-refractivity contribution in [2.75, 3.05) is 19.3 Å². The summed E-state index contributed by atoms with van der Waals surface area (Å²) in [6.45, 7) is 2.63. The first-order chi connectivity index (χ1) is 9.54. The number of carboxylic acids is 1. The van der Waals surface area contributed by atoms with Crippen LogP contribution in [0.1, 0.15) is 30.1 Å². The van der Waals surface area contributed by atoms with E-state index >= 15 is 0 Å². The van der Waals surface area contributed by atoms with Crippen LogP contribution < -0.4 is 0 Å². The normalized spacial score (nSPS) is 22.0. The number of aromatic nitrogens is 1. The Morgan fingerprint density at radius 3 is 2.85 bits per heavy atom. The quantitative estimate of drug-likeness (QED) is 0.861. The van der Waals surface area contributed by atoms with E-state index in [0.29, 0.717) is 30.0 Å². The lowest BCUT2D eigenvalue weighted by atomic mass is 9.84. The van der Waals surface area contributed by atoms with Crippen molar-refractivity contribution in [3.05, 3.63) is 23.9 Å². The van der Waals surface area contributed by atoms with Gasteiger partial charge in [-0.3, -0.25) is 9.59 Å². The Morgan fingerprint density at radius 1 is 1.55 bits per heavy atom. The first-order valence-corrected chi connectivity index (χ1v) is 7.78. The van der Waals surface area contributed by atoms with E-state index < -0.39 is 11.4 Å². The zero-order valence-electron chi connectivity index (χ0n) is 11.6. The molecule has 0 bridgehead atoms. The summed E-state index contributed by atoms with van der Waals surface area (Å²) in [7, 11) is 0. The minimum Gasteiger partial charge on any atom is -0.481 e. The molecule has 1 aliphatic rings. The molecule has 108 valence electrons. The Hall–Kier alpha value is -1.56. The van der Waals surface area contributed by atoms with Crippen molar-refractivity contribution in [1.29, 1.82) is 0 Å². The second-order valence-electron chi connectivity index (χ2n) is 4.98. The van der Waals surface area contributed by atoms with Crippen LogP contribution in [0.5, 0.6) is 0 Å². The van der Waals surface area contributed by atoms with Gasteiger partial charge in [-0.05, 0) is 31.2 Å². The van der Waals surface area contributed by atoms with E-state index in [2.05, 4.69) is 4.98 Å². The average molecular weight is 294 g/mol. The first-order valence-electron chi connectivity index (χ1n) is 6.56. The number of carbonyl (C=O) groups excluding carboxylic acids is 1. The lowest BCUT2D eigenvalue weighted by Gasteiger charge is -2.23. The van der Waals surface area contributed by atoms with E-state index in [0.717, 1.165) is 0 Å². The molecule has 1 aromatic heterocycles. The highest BCUT2D eigenvalue weighted by molar-refractivity contribution is 7.98. The van der Waals surface area contributed by atoms with Crippen molar-refractivity contribution in [3.8, 4) is 0 Å².